The van der Waals surface area contributed by atoms with Gasteiger partial charge >= 0.3 is 12.0 Å². The molecule has 0 spiro atoms. The minimum absolute atomic E-state index is 0.154. The van der Waals surface area contributed by atoms with Crippen LogP contribution >= 0.6 is 0 Å². The van der Waals surface area contributed by atoms with Gasteiger partial charge in [-0.25, -0.2) is 9.18 Å². The number of para-hydroxylation sites is 1. The Morgan fingerprint density at radius 1 is 0.868 bits per heavy atom. The van der Waals surface area contributed by atoms with Crippen LogP contribution in [0.15, 0.2) is 78.9 Å². The molecule has 3 aromatic rings. The summed E-state index contributed by atoms with van der Waals surface area (Å²) in [7, 11) is 0. The van der Waals surface area contributed by atoms with E-state index in [0.717, 1.165) is 18.8 Å². The molecule has 1 heterocycles. The number of amidine groups is 1. The monoisotopic (exact) mass is 520 g/mol. The number of carbonyl (C=O) groups is 3. The summed E-state index contributed by atoms with van der Waals surface area (Å²) in [6, 6.07) is 20.8. The van der Waals surface area contributed by atoms with Crippen LogP contribution in [0, 0.1) is 11.2 Å². The lowest BCUT2D eigenvalue weighted by Gasteiger charge is -2.35. The number of amides is 3. The second-order valence-corrected chi connectivity index (χ2v) is 8.40. The van der Waals surface area contributed by atoms with Crippen LogP contribution in [-0.2, 0) is 4.79 Å². The number of rotatable bonds is 6. The summed E-state index contributed by atoms with van der Waals surface area (Å²) in [5, 5.41) is 16.5. The molecule has 4 rings (SSSR count). The molecule has 0 aliphatic carbocycles. The summed E-state index contributed by atoms with van der Waals surface area (Å²) in [5.41, 5.74) is 12.8. The summed E-state index contributed by atoms with van der Waals surface area (Å²) in [5.74, 6) is -1.96. The topological polar surface area (TPSA) is 157 Å². The van der Waals surface area contributed by atoms with Gasteiger partial charge in [-0.1, -0.05) is 30.3 Å². The summed E-state index contributed by atoms with van der Waals surface area (Å²) < 4.78 is 12.7. The van der Waals surface area contributed by atoms with Crippen LogP contribution in [0.2, 0.25) is 0 Å². The van der Waals surface area contributed by atoms with E-state index in [1.165, 1.54) is 23.1 Å². The number of primary amides is 1. The van der Waals surface area contributed by atoms with E-state index < -0.39 is 18.4 Å². The van der Waals surface area contributed by atoms with E-state index in [-0.39, 0.29) is 23.2 Å². The van der Waals surface area contributed by atoms with Gasteiger partial charge in [-0.3, -0.25) is 19.9 Å². The number of carboxylic acids is 1. The lowest BCUT2D eigenvalue weighted by molar-refractivity contribution is -0.135. The average molecular weight is 521 g/mol. The Balaban J connectivity index is 0.000000221. The maximum Gasteiger partial charge on any atom is 0.323 e. The highest BCUT2D eigenvalue weighted by Crippen LogP contribution is 2.18. The van der Waals surface area contributed by atoms with Crippen LogP contribution < -0.4 is 21.3 Å². The number of nitrogens with zero attached hydrogens (tertiary/aromatic N) is 3. The Morgan fingerprint density at radius 2 is 1.47 bits per heavy atom. The minimum Gasteiger partial charge on any atom is -0.480 e. The molecule has 1 fully saturated rings. The number of carboxylic acid groups (broad SMARTS) is 1. The average Bonchev–Trinajstić information content (AvgIpc) is 2.92. The van der Waals surface area contributed by atoms with E-state index in [1.54, 1.807) is 65.6 Å². The number of piperazine rings is 1. The van der Waals surface area contributed by atoms with Crippen molar-refractivity contribution in [3.63, 3.8) is 0 Å². The fourth-order valence-corrected chi connectivity index (χ4v) is 3.84. The SMILES string of the molecule is N=C(N)c1cccc(C(=O)N(CC(=O)O)c2ccccc2)c1.NC(=O)N1CCN(c2ccc(F)cc2)CC1. The van der Waals surface area contributed by atoms with Gasteiger partial charge in [0, 0.05) is 48.7 Å². The van der Waals surface area contributed by atoms with Gasteiger partial charge < -0.3 is 26.4 Å². The molecular formula is C27H29FN6O4. The second-order valence-electron chi connectivity index (χ2n) is 8.40. The summed E-state index contributed by atoms with van der Waals surface area (Å²) in [6.07, 6.45) is 0. The Labute approximate surface area is 219 Å². The molecule has 0 unspecified atom stereocenters. The number of benzene rings is 3. The van der Waals surface area contributed by atoms with Crippen molar-refractivity contribution < 1.29 is 23.9 Å². The molecular weight excluding hydrogens is 491 g/mol. The third-order valence-corrected chi connectivity index (χ3v) is 5.81. The third kappa shape index (κ3) is 7.53. The number of hydrogen-bond donors (Lipinski definition) is 4. The van der Waals surface area contributed by atoms with Crippen molar-refractivity contribution >= 4 is 35.1 Å². The van der Waals surface area contributed by atoms with E-state index in [1.807, 2.05) is 0 Å². The van der Waals surface area contributed by atoms with Crippen molar-refractivity contribution in [2.45, 2.75) is 0 Å². The molecule has 1 aliphatic rings. The van der Waals surface area contributed by atoms with Crippen LogP contribution in [0.3, 0.4) is 0 Å². The smallest absolute Gasteiger partial charge is 0.323 e. The van der Waals surface area contributed by atoms with Gasteiger partial charge in [0.15, 0.2) is 0 Å². The van der Waals surface area contributed by atoms with Gasteiger partial charge in [0.1, 0.15) is 18.2 Å². The number of nitrogen functional groups attached to an aromatic ring is 1. The van der Waals surface area contributed by atoms with Gasteiger partial charge in [-0.2, -0.15) is 0 Å². The highest BCUT2D eigenvalue weighted by Gasteiger charge is 2.21. The molecule has 38 heavy (non-hydrogen) atoms. The molecule has 3 amide bonds. The highest BCUT2D eigenvalue weighted by atomic mass is 19.1. The first-order valence-electron chi connectivity index (χ1n) is 11.7. The zero-order valence-electron chi connectivity index (χ0n) is 20.6. The number of carbonyl (C=O) groups excluding carboxylic acids is 2. The van der Waals surface area contributed by atoms with Crippen LogP contribution in [0.4, 0.5) is 20.6 Å². The van der Waals surface area contributed by atoms with Gasteiger partial charge in [0.05, 0.1) is 0 Å². The van der Waals surface area contributed by atoms with E-state index >= 15 is 0 Å². The van der Waals surface area contributed by atoms with Crippen LogP contribution in [0.25, 0.3) is 0 Å². The van der Waals surface area contributed by atoms with Crippen molar-refractivity contribution in [2.75, 3.05) is 42.5 Å². The molecule has 0 saturated carbocycles. The molecule has 3 aromatic carbocycles. The Kier molecular flexibility index (Phi) is 9.36. The fraction of sp³-hybridized carbons (Fsp3) is 0.185. The maximum atomic E-state index is 12.7. The van der Waals surface area contributed by atoms with E-state index in [0.29, 0.717) is 24.3 Å². The number of nitrogens with two attached hydrogens (primary N) is 2. The van der Waals surface area contributed by atoms with Crippen molar-refractivity contribution in [3.8, 4) is 0 Å². The molecule has 10 nitrogen and oxygen atoms in total. The molecule has 0 radical (unpaired) electrons. The molecule has 1 aliphatic heterocycles. The lowest BCUT2D eigenvalue weighted by atomic mass is 10.1. The Hall–Kier alpha value is -4.93. The van der Waals surface area contributed by atoms with Crippen molar-refractivity contribution in [1.82, 2.24) is 4.90 Å². The van der Waals surface area contributed by atoms with Crippen LogP contribution in [-0.4, -0.2) is 66.5 Å². The molecule has 0 aromatic heterocycles. The predicted octanol–water partition coefficient (Wildman–Crippen LogP) is 2.73. The molecule has 198 valence electrons. The third-order valence-electron chi connectivity index (χ3n) is 5.81. The van der Waals surface area contributed by atoms with Gasteiger partial charge in [-0.15, -0.1) is 0 Å². The number of anilines is 2. The van der Waals surface area contributed by atoms with Crippen LogP contribution in [0.1, 0.15) is 15.9 Å². The lowest BCUT2D eigenvalue weighted by Crippen LogP contribution is -2.50. The zero-order valence-corrected chi connectivity index (χ0v) is 20.6. The number of halogens is 1. The first kappa shape index (κ1) is 27.7. The molecule has 6 N–H and O–H groups in total. The molecule has 1 saturated heterocycles. The van der Waals surface area contributed by atoms with E-state index in [9.17, 15) is 18.8 Å². The Bertz CT molecular complexity index is 1280. The summed E-state index contributed by atoms with van der Waals surface area (Å²) >= 11 is 0. The number of aliphatic carboxylic acids is 1. The maximum absolute atomic E-state index is 12.7. The summed E-state index contributed by atoms with van der Waals surface area (Å²) in [6.45, 7) is 2.25. The van der Waals surface area contributed by atoms with Crippen molar-refractivity contribution in [1.29, 1.82) is 5.41 Å². The van der Waals surface area contributed by atoms with E-state index in [4.69, 9.17) is 22.0 Å². The molecule has 0 bridgehead atoms. The van der Waals surface area contributed by atoms with Crippen molar-refractivity contribution in [2.24, 2.45) is 11.5 Å². The predicted molar refractivity (Wildman–Crippen MR) is 143 cm³/mol. The minimum atomic E-state index is -1.11. The fourth-order valence-electron chi connectivity index (χ4n) is 3.84. The first-order valence-corrected chi connectivity index (χ1v) is 11.7. The van der Waals surface area contributed by atoms with Gasteiger partial charge in [-0.05, 0) is 48.5 Å². The van der Waals surface area contributed by atoms with Gasteiger partial charge in [0.25, 0.3) is 5.91 Å². The normalized spacial score (nSPS) is 12.7. The largest absolute Gasteiger partial charge is 0.480 e. The standard InChI is InChI=1S/C16H15N3O3.C11H14FN3O/c17-15(18)11-5-4-6-12(9-11)16(22)19(10-14(20)21)13-7-2-1-3-8-13;12-9-1-3-10(4-2-9)14-5-7-15(8-6-14)11(13)16/h1-9H,10H2,(H3,17,18)(H,20,21);1-4H,5-8H2,(H2,13,16). The Morgan fingerprint density at radius 3 is 2.03 bits per heavy atom. The highest BCUT2D eigenvalue weighted by molar-refractivity contribution is 6.09. The number of urea groups is 1. The quantitative estimate of drug-likeness (QED) is 0.289. The van der Waals surface area contributed by atoms with Gasteiger partial charge in [0.2, 0.25) is 0 Å². The number of nitrogens with one attached hydrogen (secondary N) is 1. The molecule has 0 atom stereocenters. The summed E-state index contributed by atoms with van der Waals surface area (Å²) in [4.78, 5) is 39.5. The van der Waals surface area contributed by atoms with Crippen LogP contribution in [0.5, 0.6) is 0 Å². The van der Waals surface area contributed by atoms with Crippen molar-refractivity contribution in [3.05, 3.63) is 95.8 Å². The van der Waals surface area contributed by atoms with E-state index in [2.05, 4.69) is 4.90 Å². The zero-order chi connectivity index (χ0) is 27.7. The first-order chi connectivity index (χ1) is 18.2. The molecule has 11 heteroatoms. The number of hydrogen-bond acceptors (Lipinski definition) is 5. The second kappa shape index (κ2) is 12.9.